The fraction of sp³-hybridized carbons (Fsp3) is 0.474. The number of aryl methyl sites for hydroxylation is 2. The van der Waals surface area contributed by atoms with E-state index in [1.807, 2.05) is 18.2 Å². The van der Waals surface area contributed by atoms with Gasteiger partial charge >= 0.3 is 0 Å². The van der Waals surface area contributed by atoms with E-state index in [0.29, 0.717) is 31.6 Å². The lowest BCUT2D eigenvalue weighted by Crippen LogP contribution is -2.38. The zero-order valence-corrected chi connectivity index (χ0v) is 18.5. The van der Waals surface area contributed by atoms with Crippen LogP contribution in [0.15, 0.2) is 33.8 Å². The molecule has 0 radical (unpaired) electrons. The maximum Gasteiger partial charge on any atom is 0.191 e. The largest absolute Gasteiger partial charge is 0.492 e. The number of aromatic nitrogens is 1. The van der Waals surface area contributed by atoms with E-state index >= 15 is 0 Å². The number of guanidine groups is 1. The van der Waals surface area contributed by atoms with Crippen molar-refractivity contribution in [1.29, 1.82) is 0 Å². The number of ether oxygens (including phenoxy) is 1. The number of benzene rings is 1. The maximum atomic E-state index is 5.78. The van der Waals surface area contributed by atoms with Gasteiger partial charge in [0, 0.05) is 13.1 Å². The van der Waals surface area contributed by atoms with E-state index in [0.717, 1.165) is 17.2 Å². The standard InChI is InChI=1S/C19H28N4O2.HI/c1-13(2)18-11-17(25-23-18)12-22-19(20-5)21-6-7-24-16-9-14(3)8-15(4)10-16;/h8-11,13H,6-7,12H2,1-5H3,(H2,20,21,22);1H. The molecular formula is C19H29IN4O2. The fourth-order valence-corrected chi connectivity index (χ4v) is 2.43. The van der Waals surface area contributed by atoms with Gasteiger partial charge in [0.15, 0.2) is 11.7 Å². The summed E-state index contributed by atoms with van der Waals surface area (Å²) < 4.78 is 11.1. The topological polar surface area (TPSA) is 71.7 Å². The Hall–Kier alpha value is -1.77. The van der Waals surface area contributed by atoms with Crippen molar-refractivity contribution in [2.75, 3.05) is 20.2 Å². The molecule has 0 atom stereocenters. The normalized spacial score (nSPS) is 11.2. The minimum absolute atomic E-state index is 0. The van der Waals surface area contributed by atoms with Crippen molar-refractivity contribution in [3.05, 3.63) is 46.8 Å². The van der Waals surface area contributed by atoms with Crippen LogP contribution in [0.4, 0.5) is 0 Å². The molecule has 0 fully saturated rings. The number of hydrogen-bond acceptors (Lipinski definition) is 4. The highest BCUT2D eigenvalue weighted by molar-refractivity contribution is 14.0. The molecule has 144 valence electrons. The molecule has 6 nitrogen and oxygen atoms in total. The summed E-state index contributed by atoms with van der Waals surface area (Å²) in [6, 6.07) is 8.17. The predicted molar refractivity (Wildman–Crippen MR) is 116 cm³/mol. The molecule has 0 saturated heterocycles. The van der Waals surface area contributed by atoms with Crippen LogP contribution in [0.5, 0.6) is 5.75 Å². The molecule has 0 amide bonds. The minimum atomic E-state index is 0. The Bertz CT molecular complexity index is 693. The van der Waals surface area contributed by atoms with E-state index in [2.05, 4.69) is 54.5 Å². The quantitative estimate of drug-likeness (QED) is 0.278. The zero-order chi connectivity index (χ0) is 18.2. The Morgan fingerprint density at radius 3 is 2.42 bits per heavy atom. The summed E-state index contributed by atoms with van der Waals surface area (Å²) in [5, 5.41) is 10.5. The van der Waals surface area contributed by atoms with E-state index in [1.165, 1.54) is 11.1 Å². The lowest BCUT2D eigenvalue weighted by Gasteiger charge is -2.12. The van der Waals surface area contributed by atoms with E-state index < -0.39 is 0 Å². The highest BCUT2D eigenvalue weighted by atomic mass is 127. The molecule has 7 heteroatoms. The van der Waals surface area contributed by atoms with Crippen LogP contribution >= 0.6 is 24.0 Å². The Balaban J connectivity index is 0.00000338. The lowest BCUT2D eigenvalue weighted by molar-refractivity contribution is 0.321. The number of nitrogens with one attached hydrogen (secondary N) is 2. The molecule has 2 aromatic rings. The molecule has 2 rings (SSSR count). The molecule has 1 aromatic heterocycles. The first-order valence-corrected chi connectivity index (χ1v) is 8.59. The van der Waals surface area contributed by atoms with Crippen molar-refractivity contribution in [2.24, 2.45) is 4.99 Å². The molecule has 1 heterocycles. The summed E-state index contributed by atoms with van der Waals surface area (Å²) in [6.07, 6.45) is 0. The van der Waals surface area contributed by atoms with Gasteiger partial charge < -0.3 is 19.9 Å². The van der Waals surface area contributed by atoms with Crippen LogP contribution in [0, 0.1) is 13.8 Å². The van der Waals surface area contributed by atoms with Crippen LogP contribution in [0.2, 0.25) is 0 Å². The number of halogens is 1. The minimum Gasteiger partial charge on any atom is -0.492 e. The molecule has 26 heavy (non-hydrogen) atoms. The Kier molecular flexibility index (Phi) is 9.47. The van der Waals surface area contributed by atoms with Gasteiger partial charge in [-0.1, -0.05) is 25.1 Å². The van der Waals surface area contributed by atoms with Crippen LogP contribution in [-0.4, -0.2) is 31.3 Å². The van der Waals surface area contributed by atoms with Crippen LogP contribution in [0.3, 0.4) is 0 Å². The van der Waals surface area contributed by atoms with Crippen molar-refractivity contribution in [3.8, 4) is 5.75 Å². The van der Waals surface area contributed by atoms with Crippen molar-refractivity contribution in [1.82, 2.24) is 15.8 Å². The van der Waals surface area contributed by atoms with Gasteiger partial charge in [0.2, 0.25) is 0 Å². The maximum absolute atomic E-state index is 5.78. The monoisotopic (exact) mass is 472 g/mol. The number of rotatable bonds is 7. The van der Waals surface area contributed by atoms with Gasteiger partial charge in [-0.15, -0.1) is 24.0 Å². The number of hydrogen-bond donors (Lipinski definition) is 2. The van der Waals surface area contributed by atoms with Gasteiger partial charge in [-0.05, 0) is 43.0 Å². The molecule has 0 unspecified atom stereocenters. The van der Waals surface area contributed by atoms with Gasteiger partial charge in [-0.2, -0.15) is 0 Å². The molecule has 2 N–H and O–H groups in total. The van der Waals surface area contributed by atoms with Gasteiger partial charge in [0.1, 0.15) is 12.4 Å². The van der Waals surface area contributed by atoms with Crippen LogP contribution in [-0.2, 0) is 6.54 Å². The van der Waals surface area contributed by atoms with E-state index in [-0.39, 0.29) is 24.0 Å². The number of nitrogens with zero attached hydrogens (tertiary/aromatic N) is 2. The molecule has 0 spiro atoms. The second kappa shape index (κ2) is 11.1. The summed E-state index contributed by atoms with van der Waals surface area (Å²) in [6.45, 7) is 10.1. The highest BCUT2D eigenvalue weighted by Crippen LogP contribution is 2.16. The van der Waals surface area contributed by atoms with Crippen molar-refractivity contribution in [3.63, 3.8) is 0 Å². The zero-order valence-electron chi connectivity index (χ0n) is 16.1. The van der Waals surface area contributed by atoms with E-state index in [9.17, 15) is 0 Å². The average molecular weight is 472 g/mol. The molecule has 0 aliphatic rings. The summed E-state index contributed by atoms with van der Waals surface area (Å²) in [5.41, 5.74) is 3.36. The molecule has 0 bridgehead atoms. The van der Waals surface area contributed by atoms with Gasteiger partial charge in [-0.25, -0.2) is 0 Å². The fourth-order valence-electron chi connectivity index (χ4n) is 2.43. The third-order valence-electron chi connectivity index (χ3n) is 3.68. The SMILES string of the molecule is CN=C(NCCOc1cc(C)cc(C)c1)NCc1cc(C(C)C)no1.I. The first kappa shape index (κ1) is 22.3. The van der Waals surface area contributed by atoms with Crippen molar-refractivity contribution in [2.45, 2.75) is 40.2 Å². The third-order valence-corrected chi connectivity index (χ3v) is 3.68. The summed E-state index contributed by atoms with van der Waals surface area (Å²) >= 11 is 0. The second-order valence-electron chi connectivity index (χ2n) is 6.40. The predicted octanol–water partition coefficient (Wildman–Crippen LogP) is 3.78. The van der Waals surface area contributed by atoms with Crippen LogP contribution in [0.1, 0.15) is 42.3 Å². The molecule has 0 saturated carbocycles. The smallest absolute Gasteiger partial charge is 0.191 e. The molecule has 0 aliphatic carbocycles. The number of aliphatic imine (C=N–C) groups is 1. The molecule has 1 aromatic carbocycles. The first-order valence-electron chi connectivity index (χ1n) is 8.59. The highest BCUT2D eigenvalue weighted by Gasteiger charge is 2.08. The van der Waals surface area contributed by atoms with Crippen LogP contribution in [0.25, 0.3) is 0 Å². The summed E-state index contributed by atoms with van der Waals surface area (Å²) in [5.74, 6) is 2.74. The third kappa shape index (κ3) is 7.23. The van der Waals surface area contributed by atoms with Gasteiger partial charge in [0.25, 0.3) is 0 Å². The summed E-state index contributed by atoms with van der Waals surface area (Å²) in [4.78, 5) is 4.19. The van der Waals surface area contributed by atoms with Gasteiger partial charge in [0.05, 0.1) is 18.8 Å². The van der Waals surface area contributed by atoms with Gasteiger partial charge in [-0.3, -0.25) is 4.99 Å². The first-order chi connectivity index (χ1) is 12.0. The second-order valence-corrected chi connectivity index (χ2v) is 6.40. The Morgan fingerprint density at radius 2 is 1.85 bits per heavy atom. The Morgan fingerprint density at radius 1 is 1.15 bits per heavy atom. The molecular weight excluding hydrogens is 443 g/mol. The van der Waals surface area contributed by atoms with Crippen molar-refractivity contribution < 1.29 is 9.26 Å². The van der Waals surface area contributed by atoms with Crippen molar-refractivity contribution >= 4 is 29.9 Å². The Labute approximate surface area is 172 Å². The van der Waals surface area contributed by atoms with E-state index in [4.69, 9.17) is 9.26 Å². The van der Waals surface area contributed by atoms with Crippen LogP contribution < -0.4 is 15.4 Å². The molecule has 0 aliphatic heterocycles. The average Bonchev–Trinajstić information content (AvgIpc) is 3.02. The van der Waals surface area contributed by atoms with E-state index in [1.54, 1.807) is 7.05 Å². The lowest BCUT2D eigenvalue weighted by atomic mass is 10.1. The summed E-state index contributed by atoms with van der Waals surface area (Å²) in [7, 11) is 1.74.